The van der Waals surface area contributed by atoms with E-state index in [9.17, 15) is 5.11 Å². The Hall–Kier alpha value is -0.530. The van der Waals surface area contributed by atoms with E-state index >= 15 is 0 Å². The van der Waals surface area contributed by atoms with Gasteiger partial charge in [0.1, 0.15) is 0 Å². The van der Waals surface area contributed by atoms with Crippen molar-refractivity contribution in [3.8, 4) is 0 Å². The van der Waals surface area contributed by atoms with Gasteiger partial charge in [-0.2, -0.15) is 0 Å². The molecule has 2 heteroatoms. The van der Waals surface area contributed by atoms with Crippen LogP contribution in [0.1, 0.15) is 30.9 Å². The van der Waals surface area contributed by atoms with Gasteiger partial charge in [-0.05, 0) is 42.5 Å². The van der Waals surface area contributed by atoms with Gasteiger partial charge in [0.15, 0.2) is 0 Å². The van der Waals surface area contributed by atoms with Crippen LogP contribution in [0.3, 0.4) is 0 Å². The third-order valence-electron chi connectivity index (χ3n) is 3.24. The van der Waals surface area contributed by atoms with E-state index in [-0.39, 0.29) is 12.0 Å². The van der Waals surface area contributed by atoms with E-state index in [2.05, 4.69) is 13.0 Å². The summed E-state index contributed by atoms with van der Waals surface area (Å²) in [6.07, 6.45) is 3.30. The standard InChI is InChI=1S/C12H15ClO/c1-12(8-14)6-2-3-9-7-10(13)4-5-11(9)12/h4-5,7,14H,2-3,6,8H2,1H3/t12-/m1/s1. The molecule has 0 saturated heterocycles. The van der Waals surface area contributed by atoms with Gasteiger partial charge < -0.3 is 5.11 Å². The summed E-state index contributed by atoms with van der Waals surface area (Å²) in [6.45, 7) is 2.35. The molecule has 0 amide bonds. The van der Waals surface area contributed by atoms with Gasteiger partial charge in [0, 0.05) is 10.4 Å². The minimum absolute atomic E-state index is 0.0574. The summed E-state index contributed by atoms with van der Waals surface area (Å²) in [4.78, 5) is 0. The van der Waals surface area contributed by atoms with Gasteiger partial charge in [-0.3, -0.25) is 0 Å². The molecule has 1 aromatic rings. The molecular weight excluding hydrogens is 196 g/mol. The largest absolute Gasteiger partial charge is 0.395 e. The van der Waals surface area contributed by atoms with E-state index < -0.39 is 0 Å². The predicted octanol–water partition coefficient (Wildman–Crippen LogP) is 2.93. The maximum absolute atomic E-state index is 9.43. The van der Waals surface area contributed by atoms with Gasteiger partial charge in [0.05, 0.1) is 6.61 Å². The summed E-state index contributed by atoms with van der Waals surface area (Å²) in [5, 5.41) is 10.2. The van der Waals surface area contributed by atoms with Crippen molar-refractivity contribution >= 4 is 11.6 Å². The molecule has 1 nitrogen and oxygen atoms in total. The molecular formula is C12H15ClO. The Morgan fingerprint density at radius 2 is 2.29 bits per heavy atom. The van der Waals surface area contributed by atoms with Crippen molar-refractivity contribution in [3.63, 3.8) is 0 Å². The molecule has 2 rings (SSSR count). The maximum atomic E-state index is 9.43. The first-order chi connectivity index (χ1) is 6.65. The molecule has 0 bridgehead atoms. The highest BCUT2D eigenvalue weighted by Crippen LogP contribution is 2.37. The van der Waals surface area contributed by atoms with Crippen molar-refractivity contribution in [2.75, 3.05) is 6.61 Å². The lowest BCUT2D eigenvalue weighted by Gasteiger charge is -2.34. The highest BCUT2D eigenvalue weighted by Gasteiger charge is 2.31. The van der Waals surface area contributed by atoms with Gasteiger partial charge in [-0.15, -0.1) is 0 Å². The third-order valence-corrected chi connectivity index (χ3v) is 3.48. The van der Waals surface area contributed by atoms with Crippen LogP contribution in [0.15, 0.2) is 18.2 Å². The Bertz CT molecular complexity index is 348. The molecule has 0 aromatic heterocycles. The summed E-state index contributed by atoms with van der Waals surface area (Å²) in [5.74, 6) is 0. The third kappa shape index (κ3) is 1.55. The summed E-state index contributed by atoms with van der Waals surface area (Å²) >= 11 is 5.95. The highest BCUT2D eigenvalue weighted by atomic mass is 35.5. The number of benzene rings is 1. The maximum Gasteiger partial charge on any atom is 0.0525 e. The molecule has 1 aromatic carbocycles. The van der Waals surface area contributed by atoms with Crippen molar-refractivity contribution in [3.05, 3.63) is 34.3 Å². The van der Waals surface area contributed by atoms with Crippen LogP contribution in [0.25, 0.3) is 0 Å². The quantitative estimate of drug-likeness (QED) is 0.756. The minimum Gasteiger partial charge on any atom is -0.395 e. The topological polar surface area (TPSA) is 20.2 Å². The van der Waals surface area contributed by atoms with E-state index in [0.717, 1.165) is 24.3 Å². The average molecular weight is 211 g/mol. The molecule has 1 N–H and O–H groups in total. The van der Waals surface area contributed by atoms with Gasteiger partial charge in [-0.1, -0.05) is 24.6 Å². The van der Waals surface area contributed by atoms with Crippen LogP contribution in [0.5, 0.6) is 0 Å². The van der Waals surface area contributed by atoms with Crippen LogP contribution in [-0.2, 0) is 11.8 Å². The van der Waals surface area contributed by atoms with Gasteiger partial charge >= 0.3 is 0 Å². The zero-order chi connectivity index (χ0) is 10.2. The Labute approximate surface area is 89.7 Å². The van der Waals surface area contributed by atoms with Crippen molar-refractivity contribution in [1.29, 1.82) is 0 Å². The lowest BCUT2D eigenvalue weighted by molar-refractivity contribution is 0.188. The fourth-order valence-corrected chi connectivity index (χ4v) is 2.52. The van der Waals surface area contributed by atoms with E-state index in [4.69, 9.17) is 11.6 Å². The molecule has 1 aliphatic carbocycles. The number of aliphatic hydroxyl groups excluding tert-OH is 1. The molecule has 0 saturated carbocycles. The molecule has 0 unspecified atom stereocenters. The van der Waals surface area contributed by atoms with Gasteiger partial charge in [0.2, 0.25) is 0 Å². The second-order valence-electron chi connectivity index (χ2n) is 4.37. The normalized spacial score (nSPS) is 25.9. The van der Waals surface area contributed by atoms with Crippen LogP contribution in [0.4, 0.5) is 0 Å². The first kappa shape index (κ1) is 10.0. The second-order valence-corrected chi connectivity index (χ2v) is 4.81. The number of fused-ring (bicyclic) bond motifs is 1. The van der Waals surface area contributed by atoms with Crippen LogP contribution in [-0.4, -0.2) is 11.7 Å². The fourth-order valence-electron chi connectivity index (χ4n) is 2.33. The SMILES string of the molecule is C[C@]1(CO)CCCc2cc(Cl)ccc21. The van der Waals surface area contributed by atoms with Crippen molar-refractivity contribution < 1.29 is 5.11 Å². The van der Waals surface area contributed by atoms with E-state index in [1.54, 1.807) is 0 Å². The zero-order valence-electron chi connectivity index (χ0n) is 8.39. The van der Waals surface area contributed by atoms with Crippen LogP contribution in [0, 0.1) is 0 Å². The van der Waals surface area contributed by atoms with E-state index in [1.807, 2.05) is 12.1 Å². The van der Waals surface area contributed by atoms with Crippen LogP contribution >= 0.6 is 11.6 Å². The molecule has 0 radical (unpaired) electrons. The smallest absolute Gasteiger partial charge is 0.0525 e. The number of rotatable bonds is 1. The Morgan fingerprint density at radius 3 is 3.00 bits per heavy atom. The molecule has 1 aliphatic rings. The molecule has 0 aliphatic heterocycles. The lowest BCUT2D eigenvalue weighted by atomic mass is 9.72. The number of hydrogen-bond acceptors (Lipinski definition) is 1. The number of aliphatic hydroxyl groups is 1. The number of hydrogen-bond donors (Lipinski definition) is 1. The van der Waals surface area contributed by atoms with Gasteiger partial charge in [0.25, 0.3) is 0 Å². The number of halogens is 1. The Kier molecular flexibility index (Phi) is 2.54. The van der Waals surface area contributed by atoms with Crippen LogP contribution in [0.2, 0.25) is 5.02 Å². The monoisotopic (exact) mass is 210 g/mol. The lowest BCUT2D eigenvalue weighted by Crippen LogP contribution is -2.31. The first-order valence-corrected chi connectivity index (χ1v) is 5.43. The molecule has 0 heterocycles. The first-order valence-electron chi connectivity index (χ1n) is 5.05. The van der Waals surface area contributed by atoms with Crippen LogP contribution < -0.4 is 0 Å². The molecule has 76 valence electrons. The summed E-state index contributed by atoms with van der Waals surface area (Å²) in [6, 6.07) is 6.01. The van der Waals surface area contributed by atoms with Crippen molar-refractivity contribution in [1.82, 2.24) is 0 Å². The van der Waals surface area contributed by atoms with E-state index in [1.165, 1.54) is 11.1 Å². The predicted molar refractivity (Wildman–Crippen MR) is 58.8 cm³/mol. The molecule has 1 atom stereocenters. The summed E-state index contributed by atoms with van der Waals surface area (Å²) in [7, 11) is 0. The number of aryl methyl sites for hydroxylation is 1. The van der Waals surface area contributed by atoms with Gasteiger partial charge in [-0.25, -0.2) is 0 Å². The van der Waals surface area contributed by atoms with E-state index in [0.29, 0.717) is 0 Å². The summed E-state index contributed by atoms with van der Waals surface area (Å²) < 4.78 is 0. The summed E-state index contributed by atoms with van der Waals surface area (Å²) in [5.41, 5.74) is 2.52. The zero-order valence-corrected chi connectivity index (χ0v) is 9.14. The molecule has 0 fully saturated rings. The average Bonchev–Trinajstić information content (AvgIpc) is 2.18. The molecule has 14 heavy (non-hydrogen) atoms. The Morgan fingerprint density at radius 1 is 1.50 bits per heavy atom. The fraction of sp³-hybridized carbons (Fsp3) is 0.500. The molecule has 0 spiro atoms. The second kappa shape index (κ2) is 3.56. The van der Waals surface area contributed by atoms with Crippen molar-refractivity contribution in [2.24, 2.45) is 0 Å². The Balaban J connectivity index is 2.50. The minimum atomic E-state index is -0.0574. The highest BCUT2D eigenvalue weighted by molar-refractivity contribution is 6.30. The van der Waals surface area contributed by atoms with Crippen molar-refractivity contribution in [2.45, 2.75) is 31.6 Å².